The number of likely N-dealkylation sites (N-methyl/N-ethyl adjacent to an activating group) is 1. The van der Waals surface area contributed by atoms with Crippen LogP contribution < -0.4 is 5.32 Å². The molecule has 1 saturated heterocycles. The number of benzene rings is 2. The average Bonchev–Trinajstić information content (AvgIpc) is 3.16. The Kier molecular flexibility index (Phi) is 9.31. The fourth-order valence-corrected chi connectivity index (χ4v) is 5.21. The maximum absolute atomic E-state index is 13.3. The first-order valence-corrected chi connectivity index (χ1v) is 13.6. The topological polar surface area (TPSA) is 82.2 Å². The molecule has 2 heterocycles. The zero-order valence-electron chi connectivity index (χ0n) is 21.6. The predicted molar refractivity (Wildman–Crippen MR) is 147 cm³/mol. The molecule has 0 bridgehead atoms. The van der Waals surface area contributed by atoms with Crippen molar-refractivity contribution >= 4 is 41.1 Å². The highest BCUT2D eigenvalue weighted by molar-refractivity contribution is 6.42. The van der Waals surface area contributed by atoms with E-state index < -0.39 is 12.0 Å². The van der Waals surface area contributed by atoms with Crippen LogP contribution in [0.25, 0.3) is 0 Å². The van der Waals surface area contributed by atoms with Gasteiger partial charge in [0.05, 0.1) is 28.3 Å². The number of esters is 1. The normalized spacial score (nSPS) is 18.7. The molecule has 10 heteroatoms. The molecular weight excluding hydrogens is 527 g/mol. The van der Waals surface area contributed by atoms with E-state index in [4.69, 9.17) is 27.9 Å². The van der Waals surface area contributed by atoms with Crippen LogP contribution in [0, 0.1) is 0 Å². The molecule has 1 unspecified atom stereocenters. The number of rotatable bonds is 7. The van der Waals surface area contributed by atoms with Crippen molar-refractivity contribution in [1.82, 2.24) is 20.0 Å². The van der Waals surface area contributed by atoms with Crippen LogP contribution >= 0.6 is 23.2 Å². The molecule has 2 aliphatic heterocycles. The molecule has 0 saturated carbocycles. The van der Waals surface area contributed by atoms with Crippen LogP contribution in [-0.2, 0) is 9.53 Å². The summed E-state index contributed by atoms with van der Waals surface area (Å²) in [5.41, 5.74) is 2.26. The summed E-state index contributed by atoms with van der Waals surface area (Å²) in [5, 5.41) is 3.66. The van der Waals surface area contributed by atoms with Crippen LogP contribution in [0.3, 0.4) is 0 Å². The van der Waals surface area contributed by atoms with Crippen LogP contribution in [0.1, 0.15) is 42.2 Å². The molecule has 0 spiro atoms. The quantitative estimate of drug-likeness (QED) is 0.496. The maximum Gasteiger partial charge on any atom is 0.338 e. The minimum atomic E-state index is -0.739. The number of nitrogens with zero attached hydrogens (tertiary/aromatic N) is 3. The Morgan fingerprint density at radius 2 is 1.76 bits per heavy atom. The number of hydrogen-bond donors (Lipinski definition) is 1. The molecule has 2 aliphatic rings. The van der Waals surface area contributed by atoms with Crippen LogP contribution in [0.2, 0.25) is 10.0 Å². The molecule has 0 radical (unpaired) electrons. The largest absolute Gasteiger partial charge is 0.463 e. The lowest BCUT2D eigenvalue weighted by Crippen LogP contribution is -2.51. The molecule has 1 atom stereocenters. The first-order chi connectivity index (χ1) is 18.3. The summed E-state index contributed by atoms with van der Waals surface area (Å²) in [5.74, 6) is -0.487. The molecule has 8 nitrogen and oxygen atoms in total. The van der Waals surface area contributed by atoms with Gasteiger partial charge in [-0.15, -0.1) is 0 Å². The second-order valence-corrected chi connectivity index (χ2v) is 9.98. The molecule has 3 amide bonds. The van der Waals surface area contributed by atoms with E-state index in [9.17, 15) is 14.4 Å². The SMILES string of the molecule is CCOC(=O)C1=C(CN2CCCN(C(=O)c3ccccc3)CC2)N(CC)C(=O)NC1c1ccc(Cl)c(Cl)c1. The smallest absolute Gasteiger partial charge is 0.338 e. The maximum atomic E-state index is 13.3. The van der Waals surface area contributed by atoms with Crippen molar-refractivity contribution < 1.29 is 19.1 Å². The summed E-state index contributed by atoms with van der Waals surface area (Å²) in [7, 11) is 0. The van der Waals surface area contributed by atoms with Gasteiger partial charge in [-0.05, 0) is 50.1 Å². The van der Waals surface area contributed by atoms with Gasteiger partial charge in [0.25, 0.3) is 5.91 Å². The van der Waals surface area contributed by atoms with Gasteiger partial charge in [-0.3, -0.25) is 14.6 Å². The molecule has 1 fully saturated rings. The Hall–Kier alpha value is -3.07. The van der Waals surface area contributed by atoms with Crippen molar-refractivity contribution in [1.29, 1.82) is 0 Å². The van der Waals surface area contributed by atoms with Crippen LogP contribution in [0.5, 0.6) is 0 Å². The fourth-order valence-electron chi connectivity index (χ4n) is 4.91. The molecule has 2 aromatic rings. The van der Waals surface area contributed by atoms with E-state index in [0.717, 1.165) is 13.0 Å². The van der Waals surface area contributed by atoms with Crippen molar-refractivity contribution in [2.75, 3.05) is 45.9 Å². The molecule has 0 aromatic heterocycles. The van der Waals surface area contributed by atoms with Crippen molar-refractivity contribution in [3.8, 4) is 0 Å². The van der Waals surface area contributed by atoms with Crippen LogP contribution in [0.4, 0.5) is 4.79 Å². The lowest BCUT2D eigenvalue weighted by atomic mass is 9.94. The van der Waals surface area contributed by atoms with Gasteiger partial charge in [0.1, 0.15) is 0 Å². The summed E-state index contributed by atoms with van der Waals surface area (Å²) >= 11 is 12.4. The van der Waals surface area contributed by atoms with E-state index in [-0.39, 0.29) is 18.5 Å². The number of amides is 3. The van der Waals surface area contributed by atoms with Gasteiger partial charge in [0.2, 0.25) is 0 Å². The van der Waals surface area contributed by atoms with Crippen molar-refractivity contribution in [3.05, 3.63) is 81.0 Å². The van der Waals surface area contributed by atoms with Gasteiger partial charge in [-0.2, -0.15) is 0 Å². The molecular formula is C28H32Cl2N4O4. The standard InChI is InChI=1S/C28H32Cl2N4O4/c1-3-34-23(18-32-13-8-14-33(16-15-32)26(35)19-9-6-5-7-10-19)24(27(36)38-4-2)25(31-28(34)37)20-11-12-21(29)22(30)17-20/h5-7,9-12,17,25H,3-4,8,13-16,18H2,1-2H3,(H,31,37). The number of halogens is 2. The summed E-state index contributed by atoms with van der Waals surface area (Å²) in [6, 6.07) is 13.3. The van der Waals surface area contributed by atoms with Crippen LogP contribution in [0.15, 0.2) is 59.8 Å². The highest BCUT2D eigenvalue weighted by atomic mass is 35.5. The number of ether oxygens (including phenoxy) is 1. The van der Waals surface area contributed by atoms with E-state index in [2.05, 4.69) is 10.2 Å². The van der Waals surface area contributed by atoms with Crippen LogP contribution in [-0.4, -0.2) is 78.5 Å². The second-order valence-electron chi connectivity index (χ2n) is 9.17. The number of carbonyl (C=O) groups is 3. The summed E-state index contributed by atoms with van der Waals surface area (Å²) < 4.78 is 5.45. The second kappa shape index (κ2) is 12.7. The Morgan fingerprint density at radius 3 is 2.45 bits per heavy atom. The van der Waals surface area contributed by atoms with Gasteiger partial charge >= 0.3 is 12.0 Å². The van der Waals surface area contributed by atoms with Gasteiger partial charge in [0, 0.05) is 50.5 Å². The number of hydrogen-bond acceptors (Lipinski definition) is 5. The number of carbonyl (C=O) groups excluding carboxylic acids is 3. The highest BCUT2D eigenvalue weighted by Gasteiger charge is 2.38. The molecule has 0 aliphatic carbocycles. The molecule has 1 N–H and O–H groups in total. The first kappa shape index (κ1) is 28.0. The lowest BCUT2D eigenvalue weighted by Gasteiger charge is -2.38. The Morgan fingerprint density at radius 1 is 1.00 bits per heavy atom. The predicted octanol–water partition coefficient (Wildman–Crippen LogP) is 4.74. The van der Waals surface area contributed by atoms with E-state index in [0.29, 0.717) is 65.2 Å². The summed E-state index contributed by atoms with van der Waals surface area (Å²) in [6.07, 6.45) is 0.773. The Bertz CT molecular complexity index is 1220. The number of nitrogens with one attached hydrogen (secondary N) is 1. The molecule has 2 aromatic carbocycles. The summed E-state index contributed by atoms with van der Waals surface area (Å²) in [4.78, 5) is 45.2. The third-order valence-electron chi connectivity index (χ3n) is 6.80. The highest BCUT2D eigenvalue weighted by Crippen LogP contribution is 2.35. The van der Waals surface area contributed by atoms with Gasteiger partial charge in [-0.1, -0.05) is 47.5 Å². The Balaban J connectivity index is 1.64. The monoisotopic (exact) mass is 558 g/mol. The first-order valence-electron chi connectivity index (χ1n) is 12.8. The minimum absolute atomic E-state index is 0.00536. The van der Waals surface area contributed by atoms with E-state index in [1.54, 1.807) is 30.0 Å². The Labute approximate surface area is 233 Å². The minimum Gasteiger partial charge on any atom is -0.463 e. The lowest BCUT2D eigenvalue weighted by molar-refractivity contribution is -0.139. The van der Waals surface area contributed by atoms with Crippen molar-refractivity contribution in [3.63, 3.8) is 0 Å². The van der Waals surface area contributed by atoms with E-state index >= 15 is 0 Å². The van der Waals surface area contributed by atoms with Crippen molar-refractivity contribution in [2.45, 2.75) is 26.3 Å². The molecule has 202 valence electrons. The third kappa shape index (κ3) is 6.14. The zero-order valence-corrected chi connectivity index (χ0v) is 23.1. The van der Waals surface area contributed by atoms with Crippen molar-refractivity contribution in [2.24, 2.45) is 0 Å². The van der Waals surface area contributed by atoms with E-state index in [1.165, 1.54) is 0 Å². The molecule has 4 rings (SSSR count). The van der Waals surface area contributed by atoms with E-state index in [1.807, 2.05) is 42.2 Å². The van der Waals surface area contributed by atoms with Gasteiger partial charge < -0.3 is 15.0 Å². The number of urea groups is 1. The molecule has 38 heavy (non-hydrogen) atoms. The average molecular weight is 559 g/mol. The zero-order chi connectivity index (χ0) is 27.2. The summed E-state index contributed by atoms with van der Waals surface area (Å²) in [6.45, 7) is 7.06. The fraction of sp³-hybridized carbons (Fsp3) is 0.393. The van der Waals surface area contributed by atoms with Gasteiger partial charge in [0.15, 0.2) is 0 Å². The third-order valence-corrected chi connectivity index (χ3v) is 7.54. The van der Waals surface area contributed by atoms with Gasteiger partial charge in [-0.25, -0.2) is 9.59 Å².